The van der Waals surface area contributed by atoms with Gasteiger partial charge in [0.25, 0.3) is 11.5 Å². The van der Waals surface area contributed by atoms with Crippen molar-refractivity contribution in [1.29, 1.82) is 0 Å². The monoisotopic (exact) mass is 295 g/mol. The molecule has 22 heavy (non-hydrogen) atoms. The third-order valence-electron chi connectivity index (χ3n) is 3.02. The lowest BCUT2D eigenvalue weighted by atomic mass is 10.2. The maximum Gasteiger partial charge on any atom is 0.260 e. The molecule has 0 saturated heterocycles. The van der Waals surface area contributed by atoms with Crippen molar-refractivity contribution in [1.82, 2.24) is 10.3 Å². The number of H-pyrrole nitrogens is 1. The zero-order valence-electron chi connectivity index (χ0n) is 12.5. The first-order chi connectivity index (χ1) is 10.6. The Labute approximate surface area is 129 Å². The largest absolute Gasteiger partial charge is 0.378 e. The summed E-state index contributed by atoms with van der Waals surface area (Å²) in [4.78, 5) is 27.7. The first kappa shape index (κ1) is 15.4. The molecule has 0 saturated carbocycles. The normalized spacial score (nSPS) is 9.55. The standard InChI is InChI=1S/C17H17N3O2/c1-20(2)14-9-7-13(8-10-14)5-3-11-18-16(21)15-6-4-12-19-17(15)22/h4,6-10,12H,11H2,1-2H3,(H,18,21)(H,19,22). The Morgan fingerprint density at radius 2 is 1.95 bits per heavy atom. The van der Waals surface area contributed by atoms with Crippen LogP contribution in [0.2, 0.25) is 0 Å². The zero-order chi connectivity index (χ0) is 15.9. The Bertz CT molecular complexity index is 765. The number of benzene rings is 1. The van der Waals surface area contributed by atoms with Gasteiger partial charge < -0.3 is 15.2 Å². The average molecular weight is 295 g/mol. The highest BCUT2D eigenvalue weighted by Crippen LogP contribution is 2.11. The van der Waals surface area contributed by atoms with Crippen molar-refractivity contribution >= 4 is 11.6 Å². The van der Waals surface area contributed by atoms with Crippen LogP contribution in [0.1, 0.15) is 15.9 Å². The third-order valence-corrected chi connectivity index (χ3v) is 3.02. The minimum Gasteiger partial charge on any atom is -0.378 e. The van der Waals surface area contributed by atoms with Crippen molar-refractivity contribution in [3.63, 3.8) is 0 Å². The number of hydrogen-bond acceptors (Lipinski definition) is 3. The highest BCUT2D eigenvalue weighted by atomic mass is 16.2. The van der Waals surface area contributed by atoms with Gasteiger partial charge >= 0.3 is 0 Å². The molecule has 0 spiro atoms. The number of anilines is 1. The lowest BCUT2D eigenvalue weighted by Gasteiger charge is -2.11. The number of aromatic amines is 1. The van der Waals surface area contributed by atoms with Gasteiger partial charge in [-0.25, -0.2) is 0 Å². The Hall–Kier alpha value is -3.00. The second kappa shape index (κ2) is 7.14. The van der Waals surface area contributed by atoms with Crippen molar-refractivity contribution < 1.29 is 4.79 Å². The molecule has 0 radical (unpaired) electrons. The second-order valence-corrected chi connectivity index (χ2v) is 4.84. The van der Waals surface area contributed by atoms with Crippen LogP contribution in [-0.4, -0.2) is 31.5 Å². The van der Waals surface area contributed by atoms with E-state index in [1.165, 1.54) is 12.3 Å². The maximum absolute atomic E-state index is 11.8. The molecular formula is C17H17N3O2. The summed E-state index contributed by atoms with van der Waals surface area (Å²) < 4.78 is 0. The summed E-state index contributed by atoms with van der Waals surface area (Å²) >= 11 is 0. The summed E-state index contributed by atoms with van der Waals surface area (Å²) in [5.74, 6) is 5.39. The van der Waals surface area contributed by atoms with E-state index in [-0.39, 0.29) is 12.1 Å². The van der Waals surface area contributed by atoms with Gasteiger partial charge in [0.1, 0.15) is 5.56 Å². The van der Waals surface area contributed by atoms with E-state index in [1.807, 2.05) is 43.3 Å². The molecule has 0 aliphatic rings. The van der Waals surface area contributed by atoms with Crippen LogP contribution in [0.5, 0.6) is 0 Å². The first-order valence-electron chi connectivity index (χ1n) is 6.80. The van der Waals surface area contributed by atoms with Crippen LogP contribution >= 0.6 is 0 Å². The van der Waals surface area contributed by atoms with Gasteiger partial charge in [0, 0.05) is 31.5 Å². The molecule has 0 unspecified atom stereocenters. The molecular weight excluding hydrogens is 278 g/mol. The number of carbonyl (C=O) groups is 1. The van der Waals surface area contributed by atoms with Crippen molar-refractivity contribution in [3.05, 3.63) is 64.1 Å². The molecule has 5 heteroatoms. The van der Waals surface area contributed by atoms with E-state index in [1.54, 1.807) is 6.07 Å². The number of nitrogens with zero attached hydrogens (tertiary/aromatic N) is 1. The van der Waals surface area contributed by atoms with Crippen LogP contribution < -0.4 is 15.8 Å². The fourth-order valence-electron chi connectivity index (χ4n) is 1.81. The molecule has 2 rings (SSSR count). The quantitative estimate of drug-likeness (QED) is 0.837. The number of hydrogen-bond donors (Lipinski definition) is 2. The Kier molecular flexibility index (Phi) is 4.99. The fraction of sp³-hybridized carbons (Fsp3) is 0.176. The van der Waals surface area contributed by atoms with Crippen molar-refractivity contribution in [2.24, 2.45) is 0 Å². The van der Waals surface area contributed by atoms with Gasteiger partial charge in [-0.15, -0.1) is 0 Å². The van der Waals surface area contributed by atoms with Crippen LogP contribution in [0, 0.1) is 11.8 Å². The molecule has 1 heterocycles. The summed E-state index contributed by atoms with van der Waals surface area (Å²) in [5.41, 5.74) is 1.64. The topological polar surface area (TPSA) is 65.2 Å². The number of pyridine rings is 1. The van der Waals surface area contributed by atoms with Crippen molar-refractivity contribution in [2.75, 3.05) is 25.5 Å². The average Bonchev–Trinajstić information content (AvgIpc) is 2.52. The van der Waals surface area contributed by atoms with Crippen LogP contribution in [-0.2, 0) is 0 Å². The van der Waals surface area contributed by atoms with Crippen molar-refractivity contribution in [2.45, 2.75) is 0 Å². The highest BCUT2D eigenvalue weighted by molar-refractivity contribution is 5.93. The summed E-state index contributed by atoms with van der Waals surface area (Å²) in [5, 5.41) is 2.60. The second-order valence-electron chi connectivity index (χ2n) is 4.84. The Morgan fingerprint density at radius 1 is 1.23 bits per heavy atom. The molecule has 0 fully saturated rings. The molecule has 2 aromatic rings. The summed E-state index contributed by atoms with van der Waals surface area (Å²) in [6, 6.07) is 10.9. The Balaban J connectivity index is 1.93. The van der Waals surface area contributed by atoms with Gasteiger partial charge in [-0.1, -0.05) is 11.8 Å². The molecule has 2 N–H and O–H groups in total. The predicted octanol–water partition coefficient (Wildman–Crippen LogP) is 1.22. The van der Waals surface area contributed by atoms with Gasteiger partial charge in [-0.2, -0.15) is 0 Å². The molecule has 112 valence electrons. The minimum absolute atomic E-state index is 0.0830. The summed E-state index contributed by atoms with van der Waals surface area (Å²) in [6.45, 7) is 0.183. The van der Waals surface area contributed by atoms with E-state index in [2.05, 4.69) is 22.1 Å². The van der Waals surface area contributed by atoms with E-state index in [0.717, 1.165) is 11.3 Å². The van der Waals surface area contributed by atoms with Gasteiger partial charge in [-0.3, -0.25) is 9.59 Å². The summed E-state index contributed by atoms with van der Waals surface area (Å²) in [7, 11) is 3.95. The lowest BCUT2D eigenvalue weighted by Crippen LogP contribution is -2.29. The van der Waals surface area contributed by atoms with Crippen LogP contribution in [0.25, 0.3) is 0 Å². The number of carbonyl (C=O) groups excluding carboxylic acids is 1. The summed E-state index contributed by atoms with van der Waals surface area (Å²) in [6.07, 6.45) is 1.48. The van der Waals surface area contributed by atoms with Gasteiger partial charge in [0.2, 0.25) is 0 Å². The number of nitrogens with one attached hydrogen (secondary N) is 2. The highest BCUT2D eigenvalue weighted by Gasteiger charge is 2.07. The van der Waals surface area contributed by atoms with E-state index in [4.69, 9.17) is 0 Å². The zero-order valence-corrected chi connectivity index (χ0v) is 12.5. The third kappa shape index (κ3) is 4.00. The van der Waals surface area contributed by atoms with Crippen LogP contribution in [0.15, 0.2) is 47.4 Å². The maximum atomic E-state index is 11.8. The molecule has 5 nitrogen and oxygen atoms in total. The molecule has 0 aliphatic carbocycles. The number of rotatable bonds is 3. The van der Waals surface area contributed by atoms with Crippen LogP contribution in [0.3, 0.4) is 0 Å². The van der Waals surface area contributed by atoms with E-state index in [0.29, 0.717) is 0 Å². The lowest BCUT2D eigenvalue weighted by molar-refractivity contribution is 0.0957. The van der Waals surface area contributed by atoms with E-state index >= 15 is 0 Å². The smallest absolute Gasteiger partial charge is 0.260 e. The number of aromatic nitrogens is 1. The molecule has 0 atom stereocenters. The molecule has 1 amide bonds. The molecule has 0 bridgehead atoms. The predicted molar refractivity (Wildman–Crippen MR) is 87.0 cm³/mol. The SMILES string of the molecule is CN(C)c1ccc(C#CCNC(=O)c2ccc[nH]c2=O)cc1. The van der Waals surface area contributed by atoms with Crippen LogP contribution in [0.4, 0.5) is 5.69 Å². The number of amides is 1. The minimum atomic E-state index is -0.431. The van der Waals surface area contributed by atoms with Crippen molar-refractivity contribution in [3.8, 4) is 11.8 Å². The molecule has 1 aromatic heterocycles. The van der Waals surface area contributed by atoms with Gasteiger partial charge in [0.05, 0.1) is 6.54 Å². The van der Waals surface area contributed by atoms with E-state index in [9.17, 15) is 9.59 Å². The van der Waals surface area contributed by atoms with E-state index < -0.39 is 11.5 Å². The molecule has 0 aliphatic heterocycles. The molecule has 1 aromatic carbocycles. The Morgan fingerprint density at radius 3 is 2.59 bits per heavy atom. The van der Waals surface area contributed by atoms with Gasteiger partial charge in [0.15, 0.2) is 0 Å². The van der Waals surface area contributed by atoms with Gasteiger partial charge in [-0.05, 0) is 36.4 Å². The first-order valence-corrected chi connectivity index (χ1v) is 6.80. The fourth-order valence-corrected chi connectivity index (χ4v) is 1.81.